The Morgan fingerprint density at radius 2 is 2.43 bits per heavy atom. The van der Waals surface area contributed by atoms with Crippen LogP contribution in [0.3, 0.4) is 0 Å². The number of hydrogen-bond donors (Lipinski definition) is 1. The maximum atomic E-state index is 4.46. The molecule has 1 heterocycles. The number of H-pyrrole nitrogens is 1. The van der Waals surface area contributed by atoms with Gasteiger partial charge in [0.25, 0.3) is 0 Å². The van der Waals surface area contributed by atoms with Gasteiger partial charge in [0.05, 0.1) is 0 Å². The molecule has 1 aromatic heterocycles. The smallest absolute Gasteiger partial charge is 0.174 e. The third kappa shape index (κ3) is 2.10. The average molecular weight is 189 g/mol. The first-order valence-electron chi connectivity index (χ1n) is 5.02. The fraction of sp³-hybridized carbons (Fsp3) is 0.455. The summed E-state index contributed by atoms with van der Waals surface area (Å²) in [7, 11) is 0. The van der Waals surface area contributed by atoms with Gasteiger partial charge in [0.2, 0.25) is 0 Å². The van der Waals surface area contributed by atoms with Crippen molar-refractivity contribution in [1.82, 2.24) is 10.2 Å². The van der Waals surface area contributed by atoms with E-state index in [0.29, 0.717) is 5.92 Å². The van der Waals surface area contributed by atoms with Crippen molar-refractivity contribution in [3.63, 3.8) is 0 Å². The van der Waals surface area contributed by atoms with Crippen LogP contribution in [-0.4, -0.2) is 15.9 Å². The predicted octanol–water partition coefficient (Wildman–Crippen LogP) is 2.78. The summed E-state index contributed by atoms with van der Waals surface area (Å²) in [6.45, 7) is 4.21. The van der Waals surface area contributed by atoms with Crippen LogP contribution in [0.2, 0.25) is 0 Å². The van der Waals surface area contributed by atoms with Gasteiger partial charge in [-0.1, -0.05) is 13.0 Å². The molecule has 0 saturated heterocycles. The zero-order valence-corrected chi connectivity index (χ0v) is 8.62. The second-order valence-corrected chi connectivity index (χ2v) is 3.89. The Morgan fingerprint density at radius 1 is 1.57 bits per heavy atom. The lowest BCUT2D eigenvalue weighted by molar-refractivity contribution is 0.660. The molecule has 0 amide bonds. The van der Waals surface area contributed by atoms with E-state index in [-0.39, 0.29) is 0 Å². The quantitative estimate of drug-likeness (QED) is 0.725. The van der Waals surface area contributed by atoms with Crippen molar-refractivity contribution in [1.29, 1.82) is 0 Å². The van der Waals surface area contributed by atoms with Crippen molar-refractivity contribution >= 4 is 11.5 Å². The Bertz CT molecular complexity index is 374. The normalized spacial score (nSPS) is 24.4. The number of allylic oxidation sites excluding steroid dienone is 2. The third-order valence-corrected chi connectivity index (χ3v) is 2.42. The van der Waals surface area contributed by atoms with E-state index < -0.39 is 0 Å². The Labute approximate surface area is 83.9 Å². The highest BCUT2D eigenvalue weighted by molar-refractivity contribution is 5.97. The van der Waals surface area contributed by atoms with Crippen LogP contribution in [-0.2, 0) is 0 Å². The number of nitrogens with one attached hydrogen (secondary N) is 1. The highest BCUT2D eigenvalue weighted by Gasteiger charge is 2.07. The summed E-state index contributed by atoms with van der Waals surface area (Å²) in [4.78, 5) is 4.46. The van der Waals surface area contributed by atoms with Crippen molar-refractivity contribution in [2.24, 2.45) is 10.9 Å². The van der Waals surface area contributed by atoms with Gasteiger partial charge in [-0.15, -0.1) is 0 Å². The van der Waals surface area contributed by atoms with Gasteiger partial charge in [0.1, 0.15) is 0 Å². The zero-order chi connectivity index (χ0) is 9.97. The molecule has 2 rings (SSSR count). The van der Waals surface area contributed by atoms with Crippen molar-refractivity contribution in [2.45, 2.75) is 26.7 Å². The molecule has 1 unspecified atom stereocenters. The van der Waals surface area contributed by atoms with Crippen LogP contribution >= 0.6 is 0 Å². The zero-order valence-electron chi connectivity index (χ0n) is 8.62. The van der Waals surface area contributed by atoms with E-state index in [4.69, 9.17) is 0 Å². The lowest BCUT2D eigenvalue weighted by atomic mass is 9.96. The largest absolute Gasteiger partial charge is 0.281 e. The summed E-state index contributed by atoms with van der Waals surface area (Å²) in [5, 5.41) is 6.97. The Balaban J connectivity index is 2.15. The highest BCUT2D eigenvalue weighted by Crippen LogP contribution is 2.17. The van der Waals surface area contributed by atoms with Gasteiger partial charge in [0.15, 0.2) is 5.82 Å². The molecule has 0 aliphatic heterocycles. The summed E-state index contributed by atoms with van der Waals surface area (Å²) >= 11 is 0. The molecule has 0 bridgehead atoms. The summed E-state index contributed by atoms with van der Waals surface area (Å²) in [5.74, 6) is 1.48. The van der Waals surface area contributed by atoms with Gasteiger partial charge < -0.3 is 0 Å². The predicted molar refractivity (Wildman–Crippen MR) is 58.0 cm³/mol. The molecule has 1 N–H and O–H groups in total. The molecule has 74 valence electrons. The second kappa shape index (κ2) is 3.78. The molecule has 0 fully saturated rings. The molecular formula is C11H15N3. The molecule has 14 heavy (non-hydrogen) atoms. The molecule has 0 aromatic carbocycles. The molecule has 3 heteroatoms. The molecule has 0 radical (unpaired) electrons. The van der Waals surface area contributed by atoms with Crippen LogP contribution < -0.4 is 0 Å². The maximum absolute atomic E-state index is 4.46. The first-order valence-corrected chi connectivity index (χ1v) is 5.02. The monoisotopic (exact) mass is 189 g/mol. The summed E-state index contributed by atoms with van der Waals surface area (Å²) in [6, 6.07) is 1.96. The highest BCUT2D eigenvalue weighted by atomic mass is 15.2. The number of rotatable bonds is 1. The number of aryl methyl sites for hydroxylation is 1. The number of aromatic nitrogens is 2. The SMILES string of the molecule is Cc1cc(N=C2C=CC(C)CC2)n[nH]1. The minimum Gasteiger partial charge on any atom is -0.281 e. The molecule has 0 saturated carbocycles. The van der Waals surface area contributed by atoms with E-state index in [1.165, 1.54) is 6.42 Å². The number of nitrogens with zero attached hydrogens (tertiary/aromatic N) is 2. The summed E-state index contributed by atoms with van der Waals surface area (Å²) < 4.78 is 0. The number of hydrogen-bond acceptors (Lipinski definition) is 2. The van der Waals surface area contributed by atoms with Crippen LogP contribution in [0, 0.1) is 12.8 Å². The van der Waals surface area contributed by atoms with Crippen molar-refractivity contribution in [3.8, 4) is 0 Å². The van der Waals surface area contributed by atoms with Crippen molar-refractivity contribution in [2.75, 3.05) is 0 Å². The van der Waals surface area contributed by atoms with Crippen LogP contribution in [0.15, 0.2) is 23.2 Å². The topological polar surface area (TPSA) is 41.0 Å². The molecule has 1 aliphatic rings. The lowest BCUT2D eigenvalue weighted by Crippen LogP contribution is -2.04. The second-order valence-electron chi connectivity index (χ2n) is 3.89. The Morgan fingerprint density at radius 3 is 3.00 bits per heavy atom. The van der Waals surface area contributed by atoms with Gasteiger partial charge in [-0.2, -0.15) is 5.10 Å². The molecule has 1 aromatic rings. The van der Waals surface area contributed by atoms with Crippen LogP contribution in [0.4, 0.5) is 5.82 Å². The molecule has 1 aliphatic carbocycles. The number of aliphatic imine (C=N–C) groups is 1. The lowest BCUT2D eigenvalue weighted by Gasteiger charge is -2.11. The van der Waals surface area contributed by atoms with E-state index in [2.05, 4.69) is 34.3 Å². The van der Waals surface area contributed by atoms with E-state index in [1.807, 2.05) is 13.0 Å². The van der Waals surface area contributed by atoms with E-state index >= 15 is 0 Å². The Hall–Kier alpha value is -1.38. The molecule has 3 nitrogen and oxygen atoms in total. The van der Waals surface area contributed by atoms with Crippen LogP contribution in [0.5, 0.6) is 0 Å². The van der Waals surface area contributed by atoms with Gasteiger partial charge in [-0.25, -0.2) is 4.99 Å². The fourth-order valence-corrected chi connectivity index (χ4v) is 1.53. The minimum atomic E-state index is 0.690. The number of aromatic amines is 1. The minimum absolute atomic E-state index is 0.690. The van der Waals surface area contributed by atoms with Gasteiger partial charge in [-0.05, 0) is 31.8 Å². The molecular weight excluding hydrogens is 174 g/mol. The van der Waals surface area contributed by atoms with E-state index in [1.54, 1.807) is 0 Å². The average Bonchev–Trinajstić information content (AvgIpc) is 2.56. The Kier molecular flexibility index (Phi) is 2.48. The molecule has 1 atom stereocenters. The van der Waals surface area contributed by atoms with Crippen LogP contribution in [0.25, 0.3) is 0 Å². The third-order valence-electron chi connectivity index (χ3n) is 2.42. The first-order chi connectivity index (χ1) is 6.74. The van der Waals surface area contributed by atoms with Crippen molar-refractivity contribution < 1.29 is 0 Å². The van der Waals surface area contributed by atoms with E-state index in [9.17, 15) is 0 Å². The standard InChI is InChI=1S/C11H15N3/c1-8-3-5-10(6-4-8)12-11-7-9(2)13-14-11/h3,5,7-8H,4,6H2,1-2H3,(H,13,14). The van der Waals surface area contributed by atoms with Gasteiger partial charge in [-0.3, -0.25) is 5.10 Å². The first kappa shape index (κ1) is 9.19. The molecule has 0 spiro atoms. The van der Waals surface area contributed by atoms with Gasteiger partial charge >= 0.3 is 0 Å². The van der Waals surface area contributed by atoms with Crippen LogP contribution in [0.1, 0.15) is 25.5 Å². The summed E-state index contributed by atoms with van der Waals surface area (Å²) in [5.41, 5.74) is 2.19. The summed E-state index contributed by atoms with van der Waals surface area (Å²) in [6.07, 6.45) is 6.57. The van der Waals surface area contributed by atoms with Crippen molar-refractivity contribution in [3.05, 3.63) is 23.9 Å². The fourth-order valence-electron chi connectivity index (χ4n) is 1.53. The maximum Gasteiger partial charge on any atom is 0.174 e. The van der Waals surface area contributed by atoms with Gasteiger partial charge in [0, 0.05) is 17.5 Å². The van der Waals surface area contributed by atoms with E-state index in [0.717, 1.165) is 23.6 Å².